The first kappa shape index (κ1) is 12.7. The van der Waals surface area contributed by atoms with E-state index in [9.17, 15) is 4.79 Å². The molecule has 2 aromatic rings. The number of hydrogen-bond donors (Lipinski definition) is 3. The van der Waals surface area contributed by atoms with Gasteiger partial charge in [-0.15, -0.1) is 0 Å². The van der Waals surface area contributed by atoms with Crippen LogP contribution in [-0.4, -0.2) is 22.6 Å². The molecular weight excluding hydrogens is 252 g/mol. The Morgan fingerprint density at radius 3 is 2.80 bits per heavy atom. The van der Waals surface area contributed by atoms with Gasteiger partial charge < -0.3 is 11.1 Å². The Morgan fingerprint density at radius 2 is 2.10 bits per heavy atom. The highest BCUT2D eigenvalue weighted by Crippen LogP contribution is 2.38. The van der Waals surface area contributed by atoms with Crippen LogP contribution in [0.15, 0.2) is 30.3 Å². The number of carbonyl (C=O) groups is 1. The van der Waals surface area contributed by atoms with Gasteiger partial charge in [-0.3, -0.25) is 9.89 Å². The van der Waals surface area contributed by atoms with Gasteiger partial charge in [0, 0.05) is 23.8 Å². The van der Waals surface area contributed by atoms with Crippen LogP contribution in [0.5, 0.6) is 0 Å². The lowest BCUT2D eigenvalue weighted by Crippen LogP contribution is -2.26. The van der Waals surface area contributed by atoms with Crippen molar-refractivity contribution in [2.45, 2.75) is 25.2 Å². The molecule has 0 radical (unpaired) electrons. The maximum absolute atomic E-state index is 11.9. The number of aromatic amines is 1. The highest BCUT2D eigenvalue weighted by atomic mass is 16.1. The van der Waals surface area contributed by atoms with E-state index in [1.807, 2.05) is 30.3 Å². The molecule has 0 unspecified atom stereocenters. The smallest absolute Gasteiger partial charge is 0.271 e. The second-order valence-corrected chi connectivity index (χ2v) is 5.23. The first-order valence-electron chi connectivity index (χ1n) is 6.90. The fraction of sp³-hybridized carbons (Fsp3) is 0.333. The predicted molar refractivity (Wildman–Crippen MR) is 77.5 cm³/mol. The number of carbonyl (C=O) groups excluding carboxylic acids is 1. The molecule has 1 aromatic heterocycles. The Kier molecular flexibility index (Phi) is 3.41. The number of nitrogens with zero attached hydrogens (tertiary/aromatic N) is 1. The molecule has 0 atom stereocenters. The van der Waals surface area contributed by atoms with Gasteiger partial charge in [0.15, 0.2) is 0 Å². The molecule has 1 heterocycles. The van der Waals surface area contributed by atoms with E-state index in [0.717, 1.165) is 23.4 Å². The van der Waals surface area contributed by atoms with Crippen molar-refractivity contribution >= 4 is 11.6 Å². The third-order valence-corrected chi connectivity index (χ3v) is 3.53. The van der Waals surface area contributed by atoms with Crippen LogP contribution in [0.1, 0.15) is 40.5 Å². The van der Waals surface area contributed by atoms with Crippen LogP contribution >= 0.6 is 0 Å². The highest BCUT2D eigenvalue weighted by molar-refractivity contribution is 5.92. The quantitative estimate of drug-likeness (QED) is 0.725. The number of amides is 1. The molecule has 1 aliphatic rings. The average Bonchev–Trinajstić information content (AvgIpc) is 3.18. The lowest BCUT2D eigenvalue weighted by Gasteiger charge is -2.03. The van der Waals surface area contributed by atoms with Crippen molar-refractivity contribution in [2.75, 3.05) is 12.3 Å². The van der Waals surface area contributed by atoms with Crippen molar-refractivity contribution in [1.82, 2.24) is 15.5 Å². The summed E-state index contributed by atoms with van der Waals surface area (Å²) in [7, 11) is 0. The van der Waals surface area contributed by atoms with Crippen molar-refractivity contribution in [3.8, 4) is 0 Å². The molecular formula is C15H18N4O. The minimum Gasteiger partial charge on any atom is -0.399 e. The lowest BCUT2D eigenvalue weighted by atomic mass is 10.1. The molecule has 1 aromatic carbocycles. The summed E-state index contributed by atoms with van der Waals surface area (Å²) in [6, 6.07) is 9.54. The van der Waals surface area contributed by atoms with Crippen LogP contribution in [0, 0.1) is 0 Å². The van der Waals surface area contributed by atoms with Gasteiger partial charge in [-0.25, -0.2) is 0 Å². The third kappa shape index (κ3) is 2.99. The van der Waals surface area contributed by atoms with Crippen molar-refractivity contribution in [3.05, 3.63) is 47.3 Å². The molecule has 1 amide bonds. The summed E-state index contributed by atoms with van der Waals surface area (Å²) in [5.41, 5.74) is 9.09. The standard InChI is InChI=1S/C15H18N4O/c16-12-5-1-10(2-6-12)7-8-17-15(20)14-9-13(18-19-14)11-3-4-11/h1-2,5-6,9,11H,3-4,7-8,16H2,(H,17,20)(H,18,19). The molecule has 1 saturated carbocycles. The zero-order valence-corrected chi connectivity index (χ0v) is 11.2. The van der Waals surface area contributed by atoms with E-state index in [4.69, 9.17) is 5.73 Å². The fourth-order valence-corrected chi connectivity index (χ4v) is 2.15. The van der Waals surface area contributed by atoms with E-state index in [1.165, 1.54) is 12.8 Å². The van der Waals surface area contributed by atoms with Crippen molar-refractivity contribution < 1.29 is 4.79 Å². The maximum Gasteiger partial charge on any atom is 0.271 e. The number of nitrogens with one attached hydrogen (secondary N) is 2. The summed E-state index contributed by atoms with van der Waals surface area (Å²) in [6.07, 6.45) is 3.17. The zero-order chi connectivity index (χ0) is 13.9. The van der Waals surface area contributed by atoms with Crippen LogP contribution in [0.3, 0.4) is 0 Å². The van der Waals surface area contributed by atoms with Crippen molar-refractivity contribution in [1.29, 1.82) is 0 Å². The number of hydrogen-bond acceptors (Lipinski definition) is 3. The number of nitrogen functional groups attached to an aromatic ring is 1. The molecule has 4 N–H and O–H groups in total. The molecule has 0 saturated heterocycles. The van der Waals surface area contributed by atoms with Gasteiger partial charge in [0.2, 0.25) is 0 Å². The number of anilines is 1. The van der Waals surface area contributed by atoms with E-state index >= 15 is 0 Å². The van der Waals surface area contributed by atoms with Gasteiger partial charge in [-0.1, -0.05) is 12.1 Å². The first-order valence-corrected chi connectivity index (χ1v) is 6.90. The molecule has 0 bridgehead atoms. The Bertz CT molecular complexity index is 599. The first-order chi connectivity index (χ1) is 9.72. The van der Waals surface area contributed by atoms with Crippen LogP contribution in [0.4, 0.5) is 5.69 Å². The Balaban J connectivity index is 1.49. The van der Waals surface area contributed by atoms with Gasteiger partial charge in [0.05, 0.1) is 0 Å². The van der Waals surface area contributed by atoms with Crippen molar-refractivity contribution in [3.63, 3.8) is 0 Å². The number of H-pyrrole nitrogens is 1. The number of aromatic nitrogens is 2. The molecule has 0 aliphatic heterocycles. The van der Waals surface area contributed by atoms with Crippen molar-refractivity contribution in [2.24, 2.45) is 0 Å². The molecule has 1 fully saturated rings. The molecule has 5 nitrogen and oxygen atoms in total. The van der Waals surface area contributed by atoms with Gasteiger partial charge in [0.25, 0.3) is 5.91 Å². The molecule has 0 spiro atoms. The maximum atomic E-state index is 11.9. The fourth-order valence-electron chi connectivity index (χ4n) is 2.15. The van der Waals surface area contributed by atoms with E-state index in [-0.39, 0.29) is 5.91 Å². The van der Waals surface area contributed by atoms with Crippen LogP contribution in [0.2, 0.25) is 0 Å². The monoisotopic (exact) mass is 270 g/mol. The zero-order valence-electron chi connectivity index (χ0n) is 11.2. The second-order valence-electron chi connectivity index (χ2n) is 5.23. The number of rotatable bonds is 5. The highest BCUT2D eigenvalue weighted by Gasteiger charge is 2.26. The average molecular weight is 270 g/mol. The lowest BCUT2D eigenvalue weighted by molar-refractivity contribution is 0.0949. The summed E-state index contributed by atoms with van der Waals surface area (Å²) in [5.74, 6) is 0.461. The molecule has 1 aliphatic carbocycles. The summed E-state index contributed by atoms with van der Waals surface area (Å²) < 4.78 is 0. The Labute approximate surface area is 117 Å². The topological polar surface area (TPSA) is 83.8 Å². The van der Waals surface area contributed by atoms with E-state index in [2.05, 4.69) is 15.5 Å². The number of nitrogens with two attached hydrogens (primary N) is 1. The molecule has 104 valence electrons. The minimum atomic E-state index is -0.122. The Hall–Kier alpha value is -2.30. The van der Waals surface area contributed by atoms with Crippen LogP contribution < -0.4 is 11.1 Å². The van der Waals surface area contributed by atoms with Crippen LogP contribution in [0.25, 0.3) is 0 Å². The Morgan fingerprint density at radius 1 is 1.35 bits per heavy atom. The predicted octanol–water partition coefficient (Wildman–Crippen LogP) is 1.84. The van der Waals surface area contributed by atoms with E-state index in [0.29, 0.717) is 18.2 Å². The minimum absolute atomic E-state index is 0.122. The van der Waals surface area contributed by atoms with Gasteiger partial charge >= 0.3 is 0 Å². The van der Waals surface area contributed by atoms with E-state index < -0.39 is 0 Å². The largest absolute Gasteiger partial charge is 0.399 e. The SMILES string of the molecule is Nc1ccc(CCNC(=O)c2cc(C3CC3)[nH]n2)cc1. The number of benzene rings is 1. The third-order valence-electron chi connectivity index (χ3n) is 3.53. The molecule has 3 rings (SSSR count). The molecule has 20 heavy (non-hydrogen) atoms. The summed E-state index contributed by atoms with van der Waals surface area (Å²) in [4.78, 5) is 11.9. The van der Waals surface area contributed by atoms with E-state index in [1.54, 1.807) is 0 Å². The van der Waals surface area contributed by atoms with Gasteiger partial charge in [0.1, 0.15) is 5.69 Å². The second kappa shape index (κ2) is 5.36. The molecule has 5 heteroatoms. The normalized spacial score (nSPS) is 14.2. The van der Waals surface area contributed by atoms with Gasteiger partial charge in [-0.05, 0) is 43.0 Å². The summed E-state index contributed by atoms with van der Waals surface area (Å²) in [5, 5.41) is 9.88. The van der Waals surface area contributed by atoms with Crippen LogP contribution in [-0.2, 0) is 6.42 Å². The summed E-state index contributed by atoms with van der Waals surface area (Å²) in [6.45, 7) is 0.592. The summed E-state index contributed by atoms with van der Waals surface area (Å²) >= 11 is 0. The van der Waals surface area contributed by atoms with Gasteiger partial charge in [-0.2, -0.15) is 5.10 Å².